The van der Waals surface area contributed by atoms with E-state index >= 15 is 0 Å². The fraction of sp³-hybridized carbons (Fsp3) is 0.0909. The van der Waals surface area contributed by atoms with Gasteiger partial charge in [-0.15, -0.1) is 0 Å². The van der Waals surface area contributed by atoms with Crippen molar-refractivity contribution < 1.29 is 0 Å². The van der Waals surface area contributed by atoms with E-state index in [1.54, 1.807) is 0 Å². The summed E-state index contributed by atoms with van der Waals surface area (Å²) in [5.41, 5.74) is 16.7. The highest BCUT2D eigenvalue weighted by Crippen LogP contribution is 2.42. The summed E-state index contributed by atoms with van der Waals surface area (Å²) in [7, 11) is 0. The molecular weight excluding hydrogens is 542 g/mol. The quantitative estimate of drug-likeness (QED) is 0.196. The van der Waals surface area contributed by atoms with Crippen LogP contribution in [-0.4, -0.2) is 4.57 Å². The Hall–Kier alpha value is -5.40. The van der Waals surface area contributed by atoms with Crippen LogP contribution in [-0.2, 0) is 0 Å². The van der Waals surface area contributed by atoms with E-state index in [0.717, 1.165) is 0 Å². The number of aryl methyl sites for hydroxylation is 3. The highest BCUT2D eigenvalue weighted by atomic mass is 15.0. The molecule has 45 heavy (non-hydrogen) atoms. The van der Waals surface area contributed by atoms with Crippen LogP contribution in [0.15, 0.2) is 140 Å². The Bertz CT molecular complexity index is 2400. The molecule has 0 atom stereocenters. The Morgan fingerprint density at radius 1 is 0.400 bits per heavy atom. The van der Waals surface area contributed by atoms with Gasteiger partial charge in [-0.25, -0.2) is 0 Å². The summed E-state index contributed by atoms with van der Waals surface area (Å²) in [5, 5.41) is 5.15. The Morgan fingerprint density at radius 3 is 1.87 bits per heavy atom. The summed E-state index contributed by atoms with van der Waals surface area (Å²) >= 11 is 0. The summed E-state index contributed by atoms with van der Waals surface area (Å²) in [6.07, 6.45) is 0. The minimum absolute atomic E-state index is 1.17. The van der Waals surface area contributed by atoms with Crippen molar-refractivity contribution in [2.45, 2.75) is 27.7 Å². The monoisotopic (exact) mass is 577 g/mol. The summed E-state index contributed by atoms with van der Waals surface area (Å²) in [6.45, 7) is 9.02. The second kappa shape index (κ2) is 10.6. The zero-order valence-corrected chi connectivity index (χ0v) is 26.2. The Kier molecular flexibility index (Phi) is 6.43. The van der Waals surface area contributed by atoms with Crippen LogP contribution in [0.1, 0.15) is 22.3 Å². The molecule has 7 aromatic carbocycles. The molecule has 0 bridgehead atoms. The van der Waals surface area contributed by atoms with Crippen LogP contribution in [0.25, 0.3) is 71.6 Å². The zero-order chi connectivity index (χ0) is 30.7. The van der Waals surface area contributed by atoms with Crippen molar-refractivity contribution in [1.29, 1.82) is 0 Å². The first-order chi connectivity index (χ1) is 22.0. The van der Waals surface area contributed by atoms with Crippen molar-refractivity contribution >= 4 is 32.6 Å². The van der Waals surface area contributed by atoms with Gasteiger partial charge in [-0.1, -0.05) is 115 Å². The zero-order valence-electron chi connectivity index (χ0n) is 26.2. The summed E-state index contributed by atoms with van der Waals surface area (Å²) in [6, 6.07) is 51.1. The predicted molar refractivity (Wildman–Crippen MR) is 194 cm³/mol. The third-order valence-corrected chi connectivity index (χ3v) is 9.70. The van der Waals surface area contributed by atoms with Crippen molar-refractivity contribution in [2.24, 2.45) is 0 Å². The van der Waals surface area contributed by atoms with Gasteiger partial charge in [0, 0.05) is 16.5 Å². The van der Waals surface area contributed by atoms with Gasteiger partial charge in [-0.2, -0.15) is 0 Å². The van der Waals surface area contributed by atoms with E-state index < -0.39 is 0 Å². The van der Waals surface area contributed by atoms with Crippen molar-refractivity contribution in [3.05, 3.63) is 162 Å². The first-order valence-electron chi connectivity index (χ1n) is 15.8. The van der Waals surface area contributed by atoms with Crippen LogP contribution in [0.4, 0.5) is 0 Å². The molecule has 1 nitrogen and oxygen atoms in total. The molecule has 1 heterocycles. The molecule has 1 heteroatoms. The lowest BCUT2D eigenvalue weighted by molar-refractivity contribution is 1.18. The minimum Gasteiger partial charge on any atom is -0.309 e. The second-order valence-electron chi connectivity index (χ2n) is 12.3. The molecule has 0 fully saturated rings. The molecule has 0 spiro atoms. The van der Waals surface area contributed by atoms with Crippen LogP contribution in [0, 0.1) is 27.7 Å². The van der Waals surface area contributed by atoms with E-state index in [0.29, 0.717) is 0 Å². The maximum Gasteiger partial charge on any atom is 0.0544 e. The van der Waals surface area contributed by atoms with E-state index in [2.05, 4.69) is 172 Å². The lowest BCUT2D eigenvalue weighted by Crippen LogP contribution is -1.96. The molecule has 0 radical (unpaired) electrons. The Balaban J connectivity index is 1.30. The fourth-order valence-electron chi connectivity index (χ4n) is 7.48. The molecule has 0 amide bonds. The maximum atomic E-state index is 2.43. The predicted octanol–water partition coefficient (Wildman–Crippen LogP) is 12.2. The van der Waals surface area contributed by atoms with E-state index in [1.165, 1.54) is 93.9 Å². The van der Waals surface area contributed by atoms with E-state index in [4.69, 9.17) is 0 Å². The number of benzene rings is 7. The van der Waals surface area contributed by atoms with Gasteiger partial charge in [0.15, 0.2) is 0 Å². The highest BCUT2D eigenvalue weighted by Gasteiger charge is 2.19. The van der Waals surface area contributed by atoms with Crippen LogP contribution in [0.5, 0.6) is 0 Å². The molecule has 0 unspecified atom stereocenters. The molecule has 216 valence electrons. The van der Waals surface area contributed by atoms with Gasteiger partial charge in [0.2, 0.25) is 0 Å². The first kappa shape index (κ1) is 27.2. The lowest BCUT2D eigenvalue weighted by atomic mass is 9.86. The number of para-hydroxylation sites is 1. The molecule has 0 aliphatic rings. The Labute approximate surface area is 265 Å². The van der Waals surface area contributed by atoms with Gasteiger partial charge in [-0.05, 0) is 118 Å². The SMILES string of the molecule is Cc1ccccc1-c1c(C)ccc(-c2ccc3c(c2C)c2ccccc2n3-c2ccc(-c3cccc4ccccc34)cc2)c1C. The van der Waals surface area contributed by atoms with Crippen LogP contribution >= 0.6 is 0 Å². The normalized spacial score (nSPS) is 11.6. The van der Waals surface area contributed by atoms with Gasteiger partial charge in [-0.3, -0.25) is 0 Å². The summed E-state index contributed by atoms with van der Waals surface area (Å²) in [5.74, 6) is 0. The highest BCUT2D eigenvalue weighted by molar-refractivity contribution is 6.12. The molecule has 0 saturated heterocycles. The molecule has 8 aromatic rings. The molecular formula is C44H35N. The van der Waals surface area contributed by atoms with Crippen LogP contribution < -0.4 is 0 Å². The average Bonchev–Trinajstić information content (AvgIpc) is 3.41. The third kappa shape index (κ3) is 4.30. The number of hydrogen-bond donors (Lipinski definition) is 0. The maximum absolute atomic E-state index is 2.43. The average molecular weight is 578 g/mol. The number of aromatic nitrogens is 1. The van der Waals surface area contributed by atoms with Crippen LogP contribution in [0.3, 0.4) is 0 Å². The van der Waals surface area contributed by atoms with Crippen molar-refractivity contribution in [3.8, 4) is 39.1 Å². The van der Waals surface area contributed by atoms with E-state index in [1.807, 2.05) is 0 Å². The van der Waals surface area contributed by atoms with E-state index in [9.17, 15) is 0 Å². The van der Waals surface area contributed by atoms with Gasteiger partial charge in [0.1, 0.15) is 0 Å². The first-order valence-corrected chi connectivity index (χ1v) is 15.8. The van der Waals surface area contributed by atoms with Crippen molar-refractivity contribution in [1.82, 2.24) is 4.57 Å². The summed E-state index contributed by atoms with van der Waals surface area (Å²) < 4.78 is 2.43. The van der Waals surface area contributed by atoms with Crippen molar-refractivity contribution in [2.75, 3.05) is 0 Å². The smallest absolute Gasteiger partial charge is 0.0544 e. The minimum atomic E-state index is 1.17. The van der Waals surface area contributed by atoms with Gasteiger partial charge in [0.05, 0.1) is 11.0 Å². The molecule has 1 aromatic heterocycles. The number of rotatable bonds is 4. The number of nitrogens with zero attached hydrogens (tertiary/aromatic N) is 1. The topological polar surface area (TPSA) is 4.93 Å². The van der Waals surface area contributed by atoms with E-state index in [-0.39, 0.29) is 0 Å². The lowest BCUT2D eigenvalue weighted by Gasteiger charge is -2.18. The fourth-order valence-corrected chi connectivity index (χ4v) is 7.48. The van der Waals surface area contributed by atoms with Gasteiger partial charge < -0.3 is 4.57 Å². The third-order valence-electron chi connectivity index (χ3n) is 9.70. The van der Waals surface area contributed by atoms with Crippen molar-refractivity contribution in [3.63, 3.8) is 0 Å². The Morgan fingerprint density at radius 2 is 1.04 bits per heavy atom. The van der Waals surface area contributed by atoms with Gasteiger partial charge in [0.25, 0.3) is 0 Å². The second-order valence-corrected chi connectivity index (χ2v) is 12.3. The van der Waals surface area contributed by atoms with Crippen LogP contribution in [0.2, 0.25) is 0 Å². The molecule has 0 N–H and O–H groups in total. The molecule has 8 rings (SSSR count). The number of hydrogen-bond acceptors (Lipinski definition) is 0. The molecule has 0 aliphatic carbocycles. The standard InChI is InChI=1S/C44H35N/c1-28-12-5-7-15-35(28)43-29(2)20-25-36(30(43)3)37-26-27-42-44(31(37)4)40-17-9-10-19-41(40)45(42)34-23-21-33(22-24-34)39-18-11-14-32-13-6-8-16-38(32)39/h5-27H,1-4H3. The van der Waals surface area contributed by atoms with Gasteiger partial charge >= 0.3 is 0 Å². The molecule has 0 saturated carbocycles. The number of fused-ring (bicyclic) bond motifs is 4. The largest absolute Gasteiger partial charge is 0.309 e. The summed E-state index contributed by atoms with van der Waals surface area (Å²) in [4.78, 5) is 0. The molecule has 0 aliphatic heterocycles.